The summed E-state index contributed by atoms with van der Waals surface area (Å²) in [6, 6.07) is 0. The molecule has 2 aliphatic rings. The smallest absolute Gasteiger partial charge is 0.334 e. The van der Waals surface area contributed by atoms with Crippen molar-refractivity contribution in [2.45, 2.75) is 13.8 Å². The first-order valence-electron chi connectivity index (χ1n) is 9.10. The van der Waals surface area contributed by atoms with Crippen molar-refractivity contribution in [2.24, 2.45) is 0 Å². The normalized spacial score (nSPS) is 20.3. The zero-order chi connectivity index (χ0) is 18.1. The predicted octanol–water partition coefficient (Wildman–Crippen LogP) is 0.682. The van der Waals surface area contributed by atoms with Gasteiger partial charge < -0.3 is 14.4 Å². The topological polar surface area (TPSA) is 89.1 Å². The van der Waals surface area contributed by atoms with E-state index in [0.717, 1.165) is 55.0 Å². The molecule has 0 spiro atoms. The van der Waals surface area contributed by atoms with Gasteiger partial charge in [0.05, 0.1) is 44.7 Å². The van der Waals surface area contributed by atoms with Crippen LogP contribution in [0, 0.1) is 13.8 Å². The van der Waals surface area contributed by atoms with E-state index in [-0.39, 0.29) is 0 Å². The van der Waals surface area contributed by atoms with Crippen LogP contribution in [0.5, 0.6) is 0 Å². The van der Waals surface area contributed by atoms with E-state index >= 15 is 0 Å². The van der Waals surface area contributed by atoms with Crippen LogP contribution in [-0.2, 0) is 9.47 Å². The molecule has 0 radical (unpaired) electrons. The third-order valence-electron chi connectivity index (χ3n) is 5.20. The highest BCUT2D eigenvalue weighted by Crippen LogP contribution is 2.28. The number of aryl methyl sites for hydroxylation is 2. The molecule has 1 N–H and O–H groups in total. The van der Waals surface area contributed by atoms with E-state index in [1.165, 1.54) is 0 Å². The van der Waals surface area contributed by atoms with E-state index in [1.807, 2.05) is 13.8 Å². The summed E-state index contributed by atoms with van der Waals surface area (Å²) in [5.41, 5.74) is 2.83. The summed E-state index contributed by atoms with van der Waals surface area (Å²) in [6.45, 7) is 10.1. The summed E-state index contributed by atoms with van der Waals surface area (Å²) in [5.74, 6) is 2.20. The molecule has 0 bridgehead atoms. The fourth-order valence-corrected chi connectivity index (χ4v) is 3.44. The summed E-state index contributed by atoms with van der Waals surface area (Å²) in [5, 5.41) is 7.34. The summed E-state index contributed by atoms with van der Waals surface area (Å²) in [6.07, 6.45) is 0. The Kier molecular flexibility index (Phi) is 4.60. The van der Waals surface area contributed by atoms with Gasteiger partial charge in [0.15, 0.2) is 5.82 Å². The average molecular weight is 360 g/mol. The Morgan fingerprint density at radius 3 is 2.31 bits per heavy atom. The van der Waals surface area contributed by atoms with E-state index < -0.39 is 0 Å². The van der Waals surface area contributed by atoms with E-state index in [1.54, 1.807) is 0 Å². The van der Waals surface area contributed by atoms with Crippen LogP contribution in [0.2, 0.25) is 0 Å². The number of H-pyrrole nitrogens is 1. The van der Waals surface area contributed by atoms with Gasteiger partial charge in [0, 0.05) is 18.8 Å². The first-order chi connectivity index (χ1) is 12.6. The predicted molar refractivity (Wildman–Crippen MR) is 98.2 cm³/mol. The summed E-state index contributed by atoms with van der Waals surface area (Å²) in [4.78, 5) is 16.7. The van der Waals surface area contributed by atoms with Crippen molar-refractivity contribution in [3.63, 3.8) is 0 Å². The number of rotatable bonds is 3. The quantitative estimate of drug-likeness (QED) is 0.805. The van der Waals surface area contributed by atoms with Crippen LogP contribution in [0.4, 0.5) is 11.9 Å². The maximum atomic E-state index is 5.54. The number of aromatic nitrogens is 5. The van der Waals surface area contributed by atoms with Crippen LogP contribution in [0.15, 0.2) is 0 Å². The monoisotopic (exact) mass is 360 g/mol. The van der Waals surface area contributed by atoms with Gasteiger partial charge in [-0.1, -0.05) is 0 Å². The van der Waals surface area contributed by atoms with Gasteiger partial charge in [0.1, 0.15) is 13.1 Å². The number of aromatic amines is 1. The number of anilines is 1. The second-order valence-electron chi connectivity index (χ2n) is 7.12. The van der Waals surface area contributed by atoms with Gasteiger partial charge in [-0.25, -0.2) is 0 Å². The van der Waals surface area contributed by atoms with Crippen molar-refractivity contribution in [3.05, 3.63) is 11.4 Å². The van der Waals surface area contributed by atoms with Gasteiger partial charge in [-0.2, -0.15) is 15.1 Å². The molecule has 2 aromatic heterocycles. The van der Waals surface area contributed by atoms with Gasteiger partial charge in [-0.15, -0.1) is 4.98 Å². The lowest BCUT2D eigenvalue weighted by Crippen LogP contribution is -2.54. The highest BCUT2D eigenvalue weighted by atomic mass is 16.5. The molecule has 0 amide bonds. The number of ether oxygens (including phenoxy) is 2. The molecule has 9 nitrogen and oxygen atoms in total. The van der Waals surface area contributed by atoms with Crippen LogP contribution in [0.25, 0.3) is 11.4 Å². The molecular formula is C17H26N7O2+. The summed E-state index contributed by atoms with van der Waals surface area (Å²) in [7, 11) is 2.17. The molecule has 140 valence electrons. The Morgan fingerprint density at radius 2 is 1.65 bits per heavy atom. The Bertz CT molecular complexity index is 760. The minimum absolute atomic E-state index is 0.656. The van der Waals surface area contributed by atoms with Gasteiger partial charge in [0.25, 0.3) is 0 Å². The fraction of sp³-hybridized carbons (Fsp3) is 0.647. The number of morpholine rings is 2. The van der Waals surface area contributed by atoms with Gasteiger partial charge in [-0.05, 0) is 13.8 Å². The third-order valence-corrected chi connectivity index (χ3v) is 5.20. The molecule has 2 aromatic rings. The van der Waals surface area contributed by atoms with E-state index in [9.17, 15) is 0 Å². The number of hydrogen-bond acceptors (Lipinski definition) is 7. The largest absolute Gasteiger partial charge is 0.378 e. The van der Waals surface area contributed by atoms with Gasteiger partial charge in [0.2, 0.25) is 5.95 Å². The van der Waals surface area contributed by atoms with Crippen molar-refractivity contribution < 1.29 is 9.47 Å². The molecule has 4 heterocycles. The number of hydrogen-bond donors (Lipinski definition) is 1. The molecule has 2 aliphatic heterocycles. The summed E-state index contributed by atoms with van der Waals surface area (Å²) >= 11 is 0. The molecule has 4 rings (SSSR count). The minimum Gasteiger partial charge on any atom is -0.378 e. The SMILES string of the molecule is Cc1n[nH]c(C)c1-c1nc(N2CCOCC2)nc([N+]2(C)CCOCC2)n1. The second kappa shape index (κ2) is 6.90. The van der Waals surface area contributed by atoms with Crippen molar-refractivity contribution in [3.8, 4) is 11.4 Å². The molecule has 0 unspecified atom stereocenters. The Labute approximate surface area is 153 Å². The van der Waals surface area contributed by atoms with Crippen LogP contribution in [0.1, 0.15) is 11.4 Å². The second-order valence-corrected chi connectivity index (χ2v) is 7.12. The highest BCUT2D eigenvalue weighted by molar-refractivity contribution is 5.63. The lowest BCUT2D eigenvalue weighted by Gasteiger charge is -2.35. The number of nitrogens with zero attached hydrogens (tertiary/aromatic N) is 6. The maximum Gasteiger partial charge on any atom is 0.334 e. The van der Waals surface area contributed by atoms with Crippen molar-refractivity contribution in [2.75, 3.05) is 64.6 Å². The number of nitrogens with one attached hydrogen (secondary N) is 1. The molecular weight excluding hydrogens is 334 g/mol. The van der Waals surface area contributed by atoms with Crippen molar-refractivity contribution in [1.82, 2.24) is 29.6 Å². The van der Waals surface area contributed by atoms with Crippen LogP contribution >= 0.6 is 0 Å². The maximum absolute atomic E-state index is 5.54. The first kappa shape index (κ1) is 17.3. The summed E-state index contributed by atoms with van der Waals surface area (Å²) < 4.78 is 11.7. The van der Waals surface area contributed by atoms with E-state index in [2.05, 4.69) is 22.1 Å². The molecule has 0 atom stereocenters. The zero-order valence-corrected chi connectivity index (χ0v) is 15.7. The first-order valence-corrected chi connectivity index (χ1v) is 9.10. The fourth-order valence-electron chi connectivity index (χ4n) is 3.44. The molecule has 2 fully saturated rings. The highest BCUT2D eigenvalue weighted by Gasteiger charge is 2.34. The number of quaternary nitrogens is 1. The molecule has 0 saturated carbocycles. The molecule has 26 heavy (non-hydrogen) atoms. The molecule has 2 saturated heterocycles. The molecule has 0 aromatic carbocycles. The van der Waals surface area contributed by atoms with Gasteiger partial charge >= 0.3 is 5.95 Å². The Balaban J connectivity index is 1.81. The van der Waals surface area contributed by atoms with Crippen LogP contribution < -0.4 is 9.38 Å². The lowest BCUT2D eigenvalue weighted by molar-refractivity contribution is 0.0495. The Morgan fingerprint density at radius 1 is 0.962 bits per heavy atom. The van der Waals surface area contributed by atoms with Crippen LogP contribution in [-0.4, -0.2) is 84.8 Å². The Hall–Kier alpha value is -2.10. The average Bonchev–Trinajstić information content (AvgIpc) is 3.01. The number of likely N-dealkylation sites (N-methyl/N-ethyl adjacent to an activating group) is 1. The van der Waals surface area contributed by atoms with E-state index in [4.69, 9.17) is 24.4 Å². The van der Waals surface area contributed by atoms with Crippen molar-refractivity contribution >= 4 is 11.9 Å². The lowest BCUT2D eigenvalue weighted by atomic mass is 10.2. The standard InChI is InChI=1S/C17H26N7O2/c1-12-14(13(2)22-21-12)15-18-16(23-4-8-25-9-5-23)20-17(19-15)24(3)6-10-26-11-7-24/h4-11H2,1-3H3,(H,21,22)/q+1. The third kappa shape index (κ3) is 3.17. The van der Waals surface area contributed by atoms with Crippen LogP contribution in [0.3, 0.4) is 0 Å². The van der Waals surface area contributed by atoms with E-state index in [0.29, 0.717) is 36.7 Å². The molecule has 9 heteroatoms. The van der Waals surface area contributed by atoms with Crippen molar-refractivity contribution in [1.29, 1.82) is 0 Å². The molecule has 0 aliphatic carbocycles. The van der Waals surface area contributed by atoms with Gasteiger partial charge in [-0.3, -0.25) is 9.58 Å². The zero-order valence-electron chi connectivity index (χ0n) is 15.7. The minimum atomic E-state index is 0.656.